The van der Waals surface area contributed by atoms with Gasteiger partial charge in [0.25, 0.3) is 5.91 Å². The summed E-state index contributed by atoms with van der Waals surface area (Å²) in [6, 6.07) is 14.0. The third kappa shape index (κ3) is 5.39. The molecule has 0 saturated heterocycles. The third-order valence-electron chi connectivity index (χ3n) is 4.66. The minimum atomic E-state index is -0.486. The number of benzene rings is 2. The van der Waals surface area contributed by atoms with E-state index < -0.39 is 6.09 Å². The highest BCUT2D eigenvalue weighted by atomic mass is 35.5. The van der Waals surface area contributed by atoms with Crippen molar-refractivity contribution < 1.29 is 19.1 Å². The van der Waals surface area contributed by atoms with Gasteiger partial charge in [-0.05, 0) is 49.6 Å². The molecule has 0 spiro atoms. The lowest BCUT2D eigenvalue weighted by atomic mass is 9.92. The number of amides is 2. The van der Waals surface area contributed by atoms with Crippen molar-refractivity contribution in [2.75, 3.05) is 12.4 Å². The van der Waals surface area contributed by atoms with Crippen molar-refractivity contribution in [3.05, 3.63) is 59.1 Å². The second kappa shape index (κ2) is 9.46. The Morgan fingerprint density at radius 3 is 2.64 bits per heavy atom. The lowest BCUT2D eigenvalue weighted by Crippen LogP contribution is -2.41. The van der Waals surface area contributed by atoms with Gasteiger partial charge >= 0.3 is 6.09 Å². The van der Waals surface area contributed by atoms with Crippen LogP contribution in [0.4, 0.5) is 10.5 Å². The Morgan fingerprint density at radius 2 is 1.89 bits per heavy atom. The Labute approximate surface area is 169 Å². The average molecular weight is 403 g/mol. The van der Waals surface area contributed by atoms with Crippen LogP contribution in [-0.2, 0) is 4.74 Å². The highest BCUT2D eigenvalue weighted by molar-refractivity contribution is 6.31. The number of carbonyl (C=O) groups is 2. The molecule has 6 nitrogen and oxygen atoms in total. The summed E-state index contributed by atoms with van der Waals surface area (Å²) in [5.74, 6) is 0.214. The molecule has 1 aliphatic rings. The van der Waals surface area contributed by atoms with Gasteiger partial charge in [0.05, 0.1) is 12.7 Å². The summed E-state index contributed by atoms with van der Waals surface area (Å²) in [6.45, 7) is 0. The molecule has 2 atom stereocenters. The van der Waals surface area contributed by atoms with Gasteiger partial charge in [0.1, 0.15) is 11.9 Å². The molecule has 28 heavy (non-hydrogen) atoms. The lowest BCUT2D eigenvalue weighted by Gasteiger charge is -2.29. The van der Waals surface area contributed by atoms with E-state index in [9.17, 15) is 9.59 Å². The predicted molar refractivity (Wildman–Crippen MR) is 108 cm³/mol. The first-order valence-corrected chi connectivity index (χ1v) is 9.60. The molecule has 2 N–H and O–H groups in total. The van der Waals surface area contributed by atoms with Crippen LogP contribution in [-0.4, -0.2) is 31.3 Å². The van der Waals surface area contributed by atoms with Crippen LogP contribution in [0.2, 0.25) is 5.02 Å². The van der Waals surface area contributed by atoms with E-state index in [2.05, 4.69) is 10.6 Å². The Bertz CT molecular complexity index is 828. The first-order chi connectivity index (χ1) is 13.5. The fourth-order valence-electron chi connectivity index (χ4n) is 3.32. The predicted octanol–water partition coefficient (Wildman–Crippen LogP) is 4.64. The molecule has 0 radical (unpaired) electrons. The van der Waals surface area contributed by atoms with Gasteiger partial charge in [-0.25, -0.2) is 4.79 Å². The molecule has 0 heterocycles. The molecule has 1 aliphatic carbocycles. The lowest BCUT2D eigenvalue weighted by molar-refractivity contribution is 0.0712. The van der Waals surface area contributed by atoms with Gasteiger partial charge < -0.3 is 14.8 Å². The summed E-state index contributed by atoms with van der Waals surface area (Å²) in [6.07, 6.45) is 2.30. The number of rotatable bonds is 5. The fraction of sp³-hybridized carbons (Fsp3) is 0.333. The van der Waals surface area contributed by atoms with E-state index in [0.717, 1.165) is 19.3 Å². The van der Waals surface area contributed by atoms with Gasteiger partial charge in [-0.15, -0.1) is 0 Å². The maximum atomic E-state index is 12.6. The number of nitrogens with one attached hydrogen (secondary N) is 2. The van der Waals surface area contributed by atoms with Crippen LogP contribution in [0.5, 0.6) is 5.75 Å². The molecule has 148 valence electrons. The monoisotopic (exact) mass is 402 g/mol. The number of ether oxygens (including phenoxy) is 2. The van der Waals surface area contributed by atoms with Crippen molar-refractivity contribution in [1.29, 1.82) is 0 Å². The molecular weight excluding hydrogens is 380 g/mol. The number of carbonyl (C=O) groups excluding carboxylic acids is 2. The van der Waals surface area contributed by atoms with Crippen molar-refractivity contribution in [2.45, 2.75) is 37.8 Å². The van der Waals surface area contributed by atoms with E-state index >= 15 is 0 Å². The molecule has 2 amide bonds. The van der Waals surface area contributed by atoms with Crippen LogP contribution in [0, 0.1) is 0 Å². The molecule has 1 fully saturated rings. The number of para-hydroxylation sites is 1. The van der Waals surface area contributed by atoms with Crippen LogP contribution >= 0.6 is 11.6 Å². The molecule has 1 saturated carbocycles. The number of methoxy groups -OCH3 is 1. The Balaban J connectivity index is 1.55. The fourth-order valence-corrected chi connectivity index (χ4v) is 3.50. The molecular formula is C21H23ClN2O4. The number of anilines is 1. The van der Waals surface area contributed by atoms with Crippen LogP contribution in [0.1, 0.15) is 36.0 Å². The van der Waals surface area contributed by atoms with Gasteiger partial charge in [-0.1, -0.05) is 29.8 Å². The van der Waals surface area contributed by atoms with Gasteiger partial charge in [0.2, 0.25) is 0 Å². The Kier molecular flexibility index (Phi) is 6.76. The largest absolute Gasteiger partial charge is 0.496 e. The number of hydrogen-bond donors (Lipinski definition) is 2. The van der Waals surface area contributed by atoms with E-state index in [4.69, 9.17) is 21.1 Å². The van der Waals surface area contributed by atoms with Crippen LogP contribution in [0.3, 0.4) is 0 Å². The highest BCUT2D eigenvalue weighted by Gasteiger charge is 2.27. The topological polar surface area (TPSA) is 76.7 Å². The minimum absolute atomic E-state index is 0.0838. The molecule has 2 aromatic rings. The SMILES string of the molecule is COc1ccc(Cl)cc1C(=O)N[C@H]1CCC[C@H](OC(=O)Nc2ccccc2)C1. The van der Waals surface area contributed by atoms with Crippen molar-refractivity contribution in [3.8, 4) is 5.75 Å². The Morgan fingerprint density at radius 1 is 1.11 bits per heavy atom. The quantitative estimate of drug-likeness (QED) is 0.763. The van der Waals surface area contributed by atoms with E-state index in [1.807, 2.05) is 18.2 Å². The first kappa shape index (κ1) is 20.0. The van der Waals surface area contributed by atoms with Crippen molar-refractivity contribution >= 4 is 29.3 Å². The normalized spacial score (nSPS) is 18.8. The van der Waals surface area contributed by atoms with Gasteiger partial charge in [0.15, 0.2) is 0 Å². The molecule has 2 aromatic carbocycles. The minimum Gasteiger partial charge on any atom is -0.496 e. The van der Waals surface area contributed by atoms with Gasteiger partial charge in [-0.3, -0.25) is 10.1 Å². The maximum Gasteiger partial charge on any atom is 0.411 e. The van der Waals surface area contributed by atoms with E-state index in [-0.39, 0.29) is 18.1 Å². The smallest absolute Gasteiger partial charge is 0.411 e. The standard InChI is InChI=1S/C21H23ClN2O4/c1-27-19-11-10-14(22)12-18(19)20(25)23-16-8-5-9-17(13-16)28-21(26)24-15-6-3-2-4-7-15/h2-4,6-7,10-12,16-17H,5,8-9,13H2,1H3,(H,23,25)(H,24,26)/t16-,17-/m0/s1. The summed E-state index contributed by atoms with van der Waals surface area (Å²) < 4.78 is 10.8. The number of hydrogen-bond acceptors (Lipinski definition) is 4. The summed E-state index contributed by atoms with van der Waals surface area (Å²) in [5, 5.41) is 6.18. The molecule has 0 aromatic heterocycles. The summed E-state index contributed by atoms with van der Waals surface area (Å²) in [7, 11) is 1.51. The second-order valence-electron chi connectivity index (χ2n) is 6.70. The molecule has 0 unspecified atom stereocenters. The van der Waals surface area contributed by atoms with Crippen LogP contribution in [0.25, 0.3) is 0 Å². The van der Waals surface area contributed by atoms with Crippen LogP contribution < -0.4 is 15.4 Å². The third-order valence-corrected chi connectivity index (χ3v) is 4.90. The molecule has 7 heteroatoms. The van der Waals surface area contributed by atoms with Gasteiger partial charge in [0, 0.05) is 23.2 Å². The maximum absolute atomic E-state index is 12.6. The van der Waals surface area contributed by atoms with Gasteiger partial charge in [-0.2, -0.15) is 0 Å². The first-order valence-electron chi connectivity index (χ1n) is 9.22. The summed E-state index contributed by atoms with van der Waals surface area (Å²) in [5.41, 5.74) is 1.07. The second-order valence-corrected chi connectivity index (χ2v) is 7.14. The van der Waals surface area contributed by atoms with Crippen molar-refractivity contribution in [1.82, 2.24) is 5.32 Å². The van der Waals surface area contributed by atoms with Crippen molar-refractivity contribution in [3.63, 3.8) is 0 Å². The van der Waals surface area contributed by atoms with Crippen LogP contribution in [0.15, 0.2) is 48.5 Å². The zero-order valence-corrected chi connectivity index (χ0v) is 16.4. The zero-order chi connectivity index (χ0) is 19.9. The van der Waals surface area contributed by atoms with E-state index in [1.165, 1.54) is 7.11 Å². The molecule has 0 bridgehead atoms. The molecule has 0 aliphatic heterocycles. The number of halogens is 1. The van der Waals surface area contributed by atoms with Crippen molar-refractivity contribution in [2.24, 2.45) is 0 Å². The summed E-state index contributed by atoms with van der Waals surface area (Å²) in [4.78, 5) is 24.7. The summed E-state index contributed by atoms with van der Waals surface area (Å²) >= 11 is 6.01. The van der Waals surface area contributed by atoms with E-state index in [0.29, 0.717) is 28.4 Å². The Hall–Kier alpha value is -2.73. The zero-order valence-electron chi connectivity index (χ0n) is 15.6. The highest BCUT2D eigenvalue weighted by Crippen LogP contribution is 2.25. The molecule has 3 rings (SSSR count). The van der Waals surface area contributed by atoms with E-state index in [1.54, 1.807) is 30.3 Å². The average Bonchev–Trinajstić information content (AvgIpc) is 2.69.